The van der Waals surface area contributed by atoms with Crippen molar-refractivity contribution < 1.29 is 18.8 Å². The maximum atomic E-state index is 13.5. The van der Waals surface area contributed by atoms with Crippen LogP contribution in [0.3, 0.4) is 0 Å². The summed E-state index contributed by atoms with van der Waals surface area (Å²) in [6, 6.07) is 11.4. The van der Waals surface area contributed by atoms with E-state index in [1.54, 1.807) is 29.2 Å². The Balaban J connectivity index is 1.68. The van der Waals surface area contributed by atoms with Crippen LogP contribution in [0.5, 0.6) is 0 Å². The van der Waals surface area contributed by atoms with E-state index in [0.717, 1.165) is 43.0 Å². The van der Waals surface area contributed by atoms with Crippen LogP contribution in [0.4, 0.5) is 10.1 Å². The lowest BCUT2D eigenvalue weighted by Gasteiger charge is -2.35. The minimum absolute atomic E-state index is 0.0433. The van der Waals surface area contributed by atoms with Gasteiger partial charge in [0.2, 0.25) is 5.91 Å². The Kier molecular flexibility index (Phi) is 6.51. The van der Waals surface area contributed by atoms with Gasteiger partial charge >= 0.3 is 0 Å². The van der Waals surface area contributed by atoms with Gasteiger partial charge in [-0.05, 0) is 61.4 Å². The van der Waals surface area contributed by atoms with E-state index in [9.17, 15) is 18.8 Å². The van der Waals surface area contributed by atoms with E-state index in [1.165, 1.54) is 29.2 Å². The van der Waals surface area contributed by atoms with Crippen LogP contribution < -0.4 is 4.90 Å². The number of anilines is 1. The molecule has 1 unspecified atom stereocenters. The van der Waals surface area contributed by atoms with Crippen LogP contribution in [-0.2, 0) is 9.59 Å². The number of carbonyl (C=O) groups excluding carboxylic acids is 3. The molecule has 0 spiro atoms. The molecule has 1 aliphatic heterocycles. The highest BCUT2D eigenvalue weighted by Gasteiger charge is 2.46. The predicted molar refractivity (Wildman–Crippen MR) is 119 cm³/mol. The van der Waals surface area contributed by atoms with Crippen molar-refractivity contribution in [2.75, 3.05) is 4.90 Å². The van der Waals surface area contributed by atoms with E-state index in [4.69, 9.17) is 0 Å². The van der Waals surface area contributed by atoms with Gasteiger partial charge in [-0.25, -0.2) is 9.29 Å². The van der Waals surface area contributed by atoms with Crippen LogP contribution in [-0.4, -0.2) is 34.7 Å². The number of imide groups is 1. The van der Waals surface area contributed by atoms with Gasteiger partial charge in [-0.2, -0.15) is 0 Å². The van der Waals surface area contributed by atoms with Gasteiger partial charge in [-0.1, -0.05) is 41.6 Å². The topological polar surface area (TPSA) is 57.7 Å². The van der Waals surface area contributed by atoms with Gasteiger partial charge in [0.05, 0.1) is 12.1 Å². The summed E-state index contributed by atoms with van der Waals surface area (Å²) in [7, 11) is 0. The maximum Gasteiger partial charge on any atom is 0.257 e. The lowest BCUT2D eigenvalue weighted by molar-refractivity contribution is -0.123. The van der Waals surface area contributed by atoms with Crippen molar-refractivity contribution >= 4 is 39.3 Å². The summed E-state index contributed by atoms with van der Waals surface area (Å²) in [5, 5.41) is 0. The Bertz CT molecular complexity index is 969. The lowest BCUT2D eigenvalue weighted by Crippen LogP contribution is -2.50. The predicted octanol–water partition coefficient (Wildman–Crippen LogP) is 5.09. The third kappa shape index (κ3) is 4.56. The zero-order valence-corrected chi connectivity index (χ0v) is 18.7. The fourth-order valence-corrected chi connectivity index (χ4v) is 4.80. The second-order valence-electron chi connectivity index (χ2n) is 8.13. The van der Waals surface area contributed by atoms with Crippen LogP contribution in [0, 0.1) is 5.82 Å². The van der Waals surface area contributed by atoms with Crippen molar-refractivity contribution in [2.45, 2.75) is 57.0 Å². The SMILES string of the molecule is O=C1CC(N(C(=O)c2ccc(F)cc2)C2CCCCCC2)C(=O)N1c1ccc(Br)cc1. The zero-order valence-electron chi connectivity index (χ0n) is 17.1. The van der Waals surface area contributed by atoms with Gasteiger partial charge < -0.3 is 4.90 Å². The first-order valence-corrected chi connectivity index (χ1v) is 11.5. The molecule has 1 heterocycles. The highest BCUT2D eigenvalue weighted by Crippen LogP contribution is 2.32. The van der Waals surface area contributed by atoms with Crippen LogP contribution >= 0.6 is 15.9 Å². The fourth-order valence-electron chi connectivity index (χ4n) is 4.53. The summed E-state index contributed by atoms with van der Waals surface area (Å²) in [5.74, 6) is -1.45. The number of hydrogen-bond acceptors (Lipinski definition) is 3. The first-order chi connectivity index (χ1) is 15.0. The molecule has 1 saturated carbocycles. The number of carbonyl (C=O) groups is 3. The van der Waals surface area contributed by atoms with E-state index in [-0.39, 0.29) is 30.2 Å². The first kappa shape index (κ1) is 21.7. The van der Waals surface area contributed by atoms with E-state index in [0.29, 0.717) is 11.3 Å². The highest BCUT2D eigenvalue weighted by atomic mass is 79.9. The molecule has 1 saturated heterocycles. The Morgan fingerprint density at radius 3 is 2.16 bits per heavy atom. The largest absolute Gasteiger partial charge is 0.323 e. The summed E-state index contributed by atoms with van der Waals surface area (Å²) in [4.78, 5) is 42.5. The summed E-state index contributed by atoms with van der Waals surface area (Å²) in [6.45, 7) is 0. The smallest absolute Gasteiger partial charge is 0.257 e. The normalized spacial score (nSPS) is 20.1. The molecular weight excluding hydrogens is 463 g/mol. The first-order valence-electron chi connectivity index (χ1n) is 10.7. The molecule has 1 atom stereocenters. The Morgan fingerprint density at radius 1 is 0.935 bits per heavy atom. The molecule has 1 aliphatic carbocycles. The molecule has 4 rings (SSSR count). The zero-order chi connectivity index (χ0) is 22.0. The van der Waals surface area contributed by atoms with Gasteiger partial charge in [0.1, 0.15) is 11.9 Å². The monoisotopic (exact) mass is 486 g/mol. The molecule has 7 heteroatoms. The third-order valence-corrected chi connectivity index (χ3v) is 6.62. The molecule has 0 aromatic heterocycles. The van der Waals surface area contributed by atoms with Gasteiger partial charge in [-0.3, -0.25) is 14.4 Å². The van der Waals surface area contributed by atoms with Crippen LogP contribution in [0.2, 0.25) is 0 Å². The Morgan fingerprint density at radius 2 is 1.55 bits per heavy atom. The lowest BCUT2D eigenvalue weighted by atomic mass is 10.0. The number of halogens is 2. The van der Waals surface area contributed by atoms with E-state index in [1.807, 2.05) is 0 Å². The molecule has 2 aromatic carbocycles. The second kappa shape index (κ2) is 9.30. The minimum atomic E-state index is -0.850. The molecule has 31 heavy (non-hydrogen) atoms. The molecular formula is C24H24BrFN2O3. The average molecular weight is 487 g/mol. The molecule has 0 N–H and O–H groups in total. The van der Waals surface area contributed by atoms with Crippen molar-refractivity contribution in [1.29, 1.82) is 0 Å². The summed E-state index contributed by atoms with van der Waals surface area (Å²) < 4.78 is 14.3. The fraction of sp³-hybridized carbons (Fsp3) is 0.375. The molecule has 5 nitrogen and oxygen atoms in total. The van der Waals surface area contributed by atoms with Gasteiger partial charge in [-0.15, -0.1) is 0 Å². The van der Waals surface area contributed by atoms with E-state index in [2.05, 4.69) is 15.9 Å². The Labute approximate surface area is 189 Å². The summed E-state index contributed by atoms with van der Waals surface area (Å²) in [5.41, 5.74) is 0.823. The van der Waals surface area contributed by atoms with Gasteiger partial charge in [0, 0.05) is 16.1 Å². The number of rotatable bonds is 4. The summed E-state index contributed by atoms with van der Waals surface area (Å²) in [6.07, 6.45) is 5.69. The molecule has 0 bridgehead atoms. The third-order valence-electron chi connectivity index (χ3n) is 6.09. The van der Waals surface area contributed by atoms with E-state index >= 15 is 0 Å². The molecule has 0 radical (unpaired) electrons. The maximum absolute atomic E-state index is 13.5. The molecule has 2 aliphatic rings. The second-order valence-corrected chi connectivity index (χ2v) is 9.04. The highest BCUT2D eigenvalue weighted by molar-refractivity contribution is 9.10. The molecule has 3 amide bonds. The van der Waals surface area contributed by atoms with Crippen LogP contribution in [0.1, 0.15) is 55.3 Å². The number of nitrogens with zero attached hydrogens (tertiary/aromatic N) is 2. The Hall–Kier alpha value is -2.54. The minimum Gasteiger partial charge on any atom is -0.323 e. The van der Waals surface area contributed by atoms with Crippen LogP contribution in [0.15, 0.2) is 53.0 Å². The van der Waals surface area contributed by atoms with Crippen molar-refractivity contribution in [3.63, 3.8) is 0 Å². The summed E-state index contributed by atoms with van der Waals surface area (Å²) >= 11 is 3.36. The van der Waals surface area contributed by atoms with Crippen molar-refractivity contribution in [2.24, 2.45) is 0 Å². The number of benzene rings is 2. The van der Waals surface area contributed by atoms with Crippen LogP contribution in [0.25, 0.3) is 0 Å². The van der Waals surface area contributed by atoms with Gasteiger partial charge in [0.15, 0.2) is 0 Å². The quantitative estimate of drug-likeness (QED) is 0.446. The number of amides is 3. The molecule has 162 valence electrons. The molecule has 2 fully saturated rings. The number of hydrogen-bond donors (Lipinski definition) is 0. The van der Waals surface area contributed by atoms with Gasteiger partial charge in [0.25, 0.3) is 11.8 Å². The average Bonchev–Trinajstić information content (AvgIpc) is 2.92. The van der Waals surface area contributed by atoms with Crippen molar-refractivity contribution in [3.05, 3.63) is 64.4 Å². The standard InChI is InChI=1S/C24H24BrFN2O3/c25-17-9-13-20(14-10-17)28-22(29)15-21(24(28)31)27(19-5-3-1-2-4-6-19)23(30)16-7-11-18(26)12-8-16/h7-14,19,21H,1-6,15H2. The van der Waals surface area contributed by atoms with E-state index < -0.39 is 11.9 Å². The van der Waals surface area contributed by atoms with Crippen molar-refractivity contribution in [3.8, 4) is 0 Å². The molecule has 2 aromatic rings. The van der Waals surface area contributed by atoms with Crippen molar-refractivity contribution in [1.82, 2.24) is 4.90 Å².